The summed E-state index contributed by atoms with van der Waals surface area (Å²) in [7, 11) is 0. The minimum atomic E-state index is -0.976. The van der Waals surface area contributed by atoms with E-state index in [1.165, 1.54) is 18.2 Å². The van der Waals surface area contributed by atoms with Crippen LogP contribution in [0.1, 0.15) is 12.0 Å². The van der Waals surface area contributed by atoms with Crippen molar-refractivity contribution >= 4 is 17.6 Å². The van der Waals surface area contributed by atoms with Gasteiger partial charge in [0.2, 0.25) is 0 Å². The molecule has 19 heavy (non-hydrogen) atoms. The van der Waals surface area contributed by atoms with Gasteiger partial charge in [0.25, 0.3) is 0 Å². The van der Waals surface area contributed by atoms with E-state index in [0.29, 0.717) is 30.1 Å². The molecule has 0 spiro atoms. The topological polar surface area (TPSA) is 60.8 Å². The summed E-state index contributed by atoms with van der Waals surface area (Å²) in [5.41, 5.74) is 0.641. The van der Waals surface area contributed by atoms with Crippen molar-refractivity contribution in [2.75, 3.05) is 13.1 Å². The number of likely N-dealkylation sites (tertiary alicyclic amines) is 1. The molecule has 0 bridgehead atoms. The standard InChI is InChI=1S/C13H15ClFNO3/c14-11-2-1-9(15)5-8(11)6-16-4-3-10(13(18)19)12(17)7-16/h1-2,5,10,12,17H,3-4,6-7H2,(H,18,19)/t10-,12+/m0/s1. The highest BCUT2D eigenvalue weighted by Gasteiger charge is 2.32. The summed E-state index contributed by atoms with van der Waals surface area (Å²) in [6.45, 7) is 1.20. The number of carbonyl (C=O) groups is 1. The van der Waals surface area contributed by atoms with Crippen LogP contribution in [0.15, 0.2) is 18.2 Å². The number of halogens is 2. The fourth-order valence-corrected chi connectivity index (χ4v) is 2.51. The fraction of sp³-hybridized carbons (Fsp3) is 0.462. The quantitative estimate of drug-likeness (QED) is 0.889. The predicted octanol–water partition coefficient (Wildman–Crippen LogP) is 1.75. The Morgan fingerprint density at radius 2 is 2.26 bits per heavy atom. The first-order chi connectivity index (χ1) is 8.97. The van der Waals surface area contributed by atoms with Crippen molar-refractivity contribution in [2.24, 2.45) is 5.92 Å². The number of piperidine rings is 1. The molecule has 1 aliphatic rings. The van der Waals surface area contributed by atoms with E-state index in [0.717, 1.165) is 0 Å². The summed E-state index contributed by atoms with van der Waals surface area (Å²) in [5.74, 6) is -2.06. The van der Waals surface area contributed by atoms with Gasteiger partial charge in [-0.3, -0.25) is 9.69 Å². The number of carboxylic acids is 1. The van der Waals surface area contributed by atoms with E-state index >= 15 is 0 Å². The lowest BCUT2D eigenvalue weighted by Crippen LogP contribution is -2.46. The van der Waals surface area contributed by atoms with Gasteiger partial charge in [-0.1, -0.05) is 11.6 Å². The number of aliphatic hydroxyl groups excluding tert-OH is 1. The number of aliphatic carboxylic acids is 1. The molecule has 1 heterocycles. The van der Waals surface area contributed by atoms with E-state index in [9.17, 15) is 14.3 Å². The van der Waals surface area contributed by atoms with Gasteiger partial charge in [-0.2, -0.15) is 0 Å². The van der Waals surface area contributed by atoms with Crippen LogP contribution in [0.2, 0.25) is 5.02 Å². The third kappa shape index (κ3) is 3.43. The molecule has 104 valence electrons. The summed E-state index contributed by atoms with van der Waals surface area (Å²) in [6, 6.07) is 4.14. The number of β-amino-alcohol motifs (C(OH)–C–C–N with tert-alkyl or cyclic N) is 1. The Hall–Kier alpha value is -1.17. The van der Waals surface area contributed by atoms with Gasteiger partial charge in [0.05, 0.1) is 12.0 Å². The van der Waals surface area contributed by atoms with Crippen LogP contribution in [-0.2, 0) is 11.3 Å². The van der Waals surface area contributed by atoms with Crippen molar-refractivity contribution in [1.82, 2.24) is 4.90 Å². The maximum Gasteiger partial charge on any atom is 0.309 e. The number of hydrogen-bond donors (Lipinski definition) is 2. The number of nitrogens with zero attached hydrogens (tertiary/aromatic N) is 1. The summed E-state index contributed by atoms with van der Waals surface area (Å²) in [6.07, 6.45) is -0.526. The second-order valence-electron chi connectivity index (χ2n) is 4.77. The number of benzene rings is 1. The smallest absolute Gasteiger partial charge is 0.309 e. The van der Waals surface area contributed by atoms with Gasteiger partial charge >= 0.3 is 5.97 Å². The number of aliphatic hydroxyl groups is 1. The predicted molar refractivity (Wildman–Crippen MR) is 68.4 cm³/mol. The van der Waals surface area contributed by atoms with Gasteiger partial charge in [-0.25, -0.2) is 4.39 Å². The van der Waals surface area contributed by atoms with Crippen LogP contribution in [-0.4, -0.2) is 40.3 Å². The van der Waals surface area contributed by atoms with Crippen LogP contribution < -0.4 is 0 Å². The molecular weight excluding hydrogens is 273 g/mol. The first-order valence-corrected chi connectivity index (χ1v) is 6.42. The highest BCUT2D eigenvalue weighted by atomic mass is 35.5. The molecule has 1 aromatic rings. The van der Waals surface area contributed by atoms with Gasteiger partial charge in [0.15, 0.2) is 0 Å². The van der Waals surface area contributed by atoms with Crippen LogP contribution in [0.25, 0.3) is 0 Å². The monoisotopic (exact) mass is 287 g/mol. The fourth-order valence-electron chi connectivity index (χ4n) is 2.33. The summed E-state index contributed by atoms with van der Waals surface area (Å²) >= 11 is 5.98. The van der Waals surface area contributed by atoms with Crippen molar-refractivity contribution < 1.29 is 19.4 Å². The zero-order valence-corrected chi connectivity index (χ0v) is 11.0. The maximum atomic E-state index is 13.1. The molecule has 0 aromatic heterocycles. The van der Waals surface area contributed by atoms with Crippen molar-refractivity contribution in [3.63, 3.8) is 0 Å². The second-order valence-corrected chi connectivity index (χ2v) is 5.18. The van der Waals surface area contributed by atoms with Crippen LogP contribution >= 0.6 is 11.6 Å². The number of carboxylic acid groups (broad SMARTS) is 1. The largest absolute Gasteiger partial charge is 0.481 e. The van der Waals surface area contributed by atoms with Crippen molar-refractivity contribution in [3.05, 3.63) is 34.6 Å². The third-order valence-corrected chi connectivity index (χ3v) is 3.75. The van der Waals surface area contributed by atoms with E-state index in [1.807, 2.05) is 4.90 Å². The molecule has 0 saturated carbocycles. The van der Waals surface area contributed by atoms with Crippen LogP contribution in [0.3, 0.4) is 0 Å². The molecule has 1 saturated heterocycles. The first kappa shape index (κ1) is 14.2. The van der Waals surface area contributed by atoms with Crippen LogP contribution in [0.4, 0.5) is 4.39 Å². The minimum Gasteiger partial charge on any atom is -0.481 e. The molecule has 0 unspecified atom stereocenters. The molecule has 6 heteroatoms. The highest BCUT2D eigenvalue weighted by molar-refractivity contribution is 6.31. The minimum absolute atomic E-state index is 0.254. The van der Waals surface area contributed by atoms with E-state index in [2.05, 4.69) is 0 Å². The van der Waals surface area contributed by atoms with Crippen molar-refractivity contribution in [3.8, 4) is 0 Å². The molecule has 1 aromatic carbocycles. The average Bonchev–Trinajstić information content (AvgIpc) is 2.33. The van der Waals surface area contributed by atoms with E-state index in [-0.39, 0.29) is 12.4 Å². The van der Waals surface area contributed by atoms with Gasteiger partial charge in [0.1, 0.15) is 5.82 Å². The molecule has 2 rings (SSSR count). The summed E-state index contributed by atoms with van der Waals surface area (Å²) in [4.78, 5) is 12.8. The number of rotatable bonds is 3. The Kier molecular flexibility index (Phi) is 4.39. The van der Waals surface area contributed by atoms with Gasteiger partial charge < -0.3 is 10.2 Å². The van der Waals surface area contributed by atoms with E-state index in [1.54, 1.807) is 0 Å². The van der Waals surface area contributed by atoms with E-state index in [4.69, 9.17) is 16.7 Å². The molecule has 1 aliphatic heterocycles. The lowest BCUT2D eigenvalue weighted by molar-refractivity contribution is -0.148. The zero-order chi connectivity index (χ0) is 14.0. The van der Waals surface area contributed by atoms with Gasteiger partial charge in [-0.05, 0) is 36.7 Å². The van der Waals surface area contributed by atoms with Crippen LogP contribution in [0, 0.1) is 11.7 Å². The average molecular weight is 288 g/mol. The highest BCUT2D eigenvalue weighted by Crippen LogP contribution is 2.23. The molecule has 0 aliphatic carbocycles. The van der Waals surface area contributed by atoms with E-state index < -0.39 is 18.0 Å². The summed E-state index contributed by atoms with van der Waals surface area (Å²) in [5, 5.41) is 19.2. The Morgan fingerprint density at radius 3 is 2.89 bits per heavy atom. The Morgan fingerprint density at radius 1 is 1.53 bits per heavy atom. The normalized spacial score (nSPS) is 24.4. The molecule has 0 amide bonds. The van der Waals surface area contributed by atoms with Crippen LogP contribution in [0.5, 0.6) is 0 Å². The van der Waals surface area contributed by atoms with Crippen molar-refractivity contribution in [1.29, 1.82) is 0 Å². The number of hydrogen-bond acceptors (Lipinski definition) is 3. The van der Waals surface area contributed by atoms with Crippen molar-refractivity contribution in [2.45, 2.75) is 19.1 Å². The third-order valence-electron chi connectivity index (χ3n) is 3.38. The van der Waals surface area contributed by atoms with Gasteiger partial charge in [0, 0.05) is 18.1 Å². The molecule has 1 fully saturated rings. The molecule has 2 N–H and O–H groups in total. The molecule has 4 nitrogen and oxygen atoms in total. The summed E-state index contributed by atoms with van der Waals surface area (Å²) < 4.78 is 13.1. The molecule has 0 radical (unpaired) electrons. The Bertz CT molecular complexity index is 483. The maximum absolute atomic E-state index is 13.1. The SMILES string of the molecule is O=C(O)[C@H]1CCN(Cc2cc(F)ccc2Cl)C[C@H]1O. The first-order valence-electron chi connectivity index (χ1n) is 6.04. The second kappa shape index (κ2) is 5.86. The Labute approximate surface area is 115 Å². The van der Waals surface area contributed by atoms with Gasteiger partial charge in [-0.15, -0.1) is 0 Å². The molecule has 2 atom stereocenters. The Balaban J connectivity index is 2.02. The zero-order valence-electron chi connectivity index (χ0n) is 10.2. The lowest BCUT2D eigenvalue weighted by Gasteiger charge is -2.34. The molecular formula is C13H15ClFNO3. The lowest BCUT2D eigenvalue weighted by atomic mass is 9.94.